The molecule has 1 heterocycles. The molecule has 15 heavy (non-hydrogen) atoms. The Morgan fingerprint density at radius 2 is 2.07 bits per heavy atom. The second-order valence-corrected chi connectivity index (χ2v) is 4.89. The standard InChI is InChI=1S/C10H15F2NO2/c1-9(5-15-6-9)8(14)13-4-7-2-10(11,12)3-7/h7H,2-6H2,1H3,(H,13,14). The summed E-state index contributed by atoms with van der Waals surface area (Å²) >= 11 is 0. The van der Waals surface area contributed by atoms with E-state index in [1.54, 1.807) is 0 Å². The third-order valence-corrected chi connectivity index (χ3v) is 3.12. The number of carbonyl (C=O) groups is 1. The van der Waals surface area contributed by atoms with Crippen LogP contribution in [-0.2, 0) is 9.53 Å². The van der Waals surface area contributed by atoms with E-state index in [4.69, 9.17) is 4.74 Å². The molecule has 5 heteroatoms. The number of alkyl halides is 2. The van der Waals surface area contributed by atoms with Crippen molar-refractivity contribution in [3.63, 3.8) is 0 Å². The number of carbonyl (C=O) groups excluding carboxylic acids is 1. The summed E-state index contributed by atoms with van der Waals surface area (Å²) in [5.74, 6) is -2.64. The third kappa shape index (κ3) is 2.12. The van der Waals surface area contributed by atoms with Gasteiger partial charge >= 0.3 is 0 Å². The maximum Gasteiger partial charge on any atom is 0.248 e. The second-order valence-electron chi connectivity index (χ2n) is 4.89. The molecule has 3 nitrogen and oxygen atoms in total. The summed E-state index contributed by atoms with van der Waals surface area (Å²) in [6.07, 6.45) is -0.193. The Labute approximate surface area is 87.2 Å². The number of amides is 1. The van der Waals surface area contributed by atoms with Crippen LogP contribution in [-0.4, -0.2) is 31.6 Å². The van der Waals surface area contributed by atoms with Crippen LogP contribution < -0.4 is 5.32 Å². The lowest BCUT2D eigenvalue weighted by Gasteiger charge is -2.38. The van der Waals surface area contributed by atoms with E-state index in [1.165, 1.54) is 0 Å². The minimum atomic E-state index is -2.50. The summed E-state index contributed by atoms with van der Waals surface area (Å²) in [6.45, 7) is 3.05. The normalized spacial score (nSPS) is 27.7. The molecule has 0 atom stereocenters. The average molecular weight is 219 g/mol. The molecular formula is C10H15F2NO2. The predicted octanol–water partition coefficient (Wildman–Crippen LogP) is 1.18. The third-order valence-electron chi connectivity index (χ3n) is 3.12. The van der Waals surface area contributed by atoms with E-state index in [9.17, 15) is 13.6 Å². The van der Waals surface area contributed by atoms with Gasteiger partial charge in [0.1, 0.15) is 0 Å². The quantitative estimate of drug-likeness (QED) is 0.774. The molecule has 0 aromatic carbocycles. The minimum Gasteiger partial charge on any atom is -0.379 e. The highest BCUT2D eigenvalue weighted by molar-refractivity contribution is 5.83. The Kier molecular flexibility index (Phi) is 2.45. The number of hydrogen-bond acceptors (Lipinski definition) is 2. The largest absolute Gasteiger partial charge is 0.379 e. The second kappa shape index (κ2) is 3.40. The van der Waals surface area contributed by atoms with Gasteiger partial charge in [0.15, 0.2) is 0 Å². The predicted molar refractivity (Wildman–Crippen MR) is 49.6 cm³/mol. The van der Waals surface area contributed by atoms with Crippen molar-refractivity contribution in [1.29, 1.82) is 0 Å². The number of ether oxygens (including phenoxy) is 1. The first-order chi connectivity index (χ1) is 6.91. The molecule has 0 aromatic rings. The van der Waals surface area contributed by atoms with Crippen LogP contribution in [0.25, 0.3) is 0 Å². The van der Waals surface area contributed by atoms with Crippen LogP contribution in [0.5, 0.6) is 0 Å². The van der Waals surface area contributed by atoms with Gasteiger partial charge in [-0.25, -0.2) is 8.78 Å². The van der Waals surface area contributed by atoms with Crippen molar-refractivity contribution in [2.24, 2.45) is 11.3 Å². The van der Waals surface area contributed by atoms with Gasteiger partial charge in [0.05, 0.1) is 18.6 Å². The van der Waals surface area contributed by atoms with E-state index < -0.39 is 11.3 Å². The van der Waals surface area contributed by atoms with Crippen molar-refractivity contribution >= 4 is 5.91 Å². The highest BCUT2D eigenvalue weighted by Crippen LogP contribution is 2.42. The van der Waals surface area contributed by atoms with Crippen LogP contribution >= 0.6 is 0 Å². The fourth-order valence-electron chi connectivity index (χ4n) is 1.92. The Morgan fingerprint density at radius 1 is 1.47 bits per heavy atom. The van der Waals surface area contributed by atoms with Crippen LogP contribution in [0.1, 0.15) is 19.8 Å². The first-order valence-corrected chi connectivity index (χ1v) is 5.15. The summed E-state index contributed by atoms with van der Waals surface area (Å²) in [5.41, 5.74) is -0.438. The summed E-state index contributed by atoms with van der Waals surface area (Å²) in [7, 11) is 0. The highest BCUT2D eigenvalue weighted by atomic mass is 19.3. The molecule has 1 aliphatic carbocycles. The Balaban J connectivity index is 1.68. The zero-order chi connectivity index (χ0) is 11.1. The lowest BCUT2D eigenvalue weighted by molar-refractivity contribution is -0.159. The Morgan fingerprint density at radius 3 is 2.47 bits per heavy atom. The molecule has 2 fully saturated rings. The number of rotatable bonds is 3. The molecule has 1 saturated heterocycles. The van der Waals surface area contributed by atoms with Crippen molar-refractivity contribution in [3.05, 3.63) is 0 Å². The fraction of sp³-hybridized carbons (Fsp3) is 0.900. The van der Waals surface area contributed by atoms with Crippen molar-refractivity contribution in [1.82, 2.24) is 5.32 Å². The van der Waals surface area contributed by atoms with E-state index >= 15 is 0 Å². The first kappa shape index (κ1) is 10.8. The minimum absolute atomic E-state index is 0.0615. The van der Waals surface area contributed by atoms with Gasteiger partial charge in [0, 0.05) is 19.4 Å². The molecule has 0 aromatic heterocycles. The summed E-state index contributed by atoms with van der Waals surface area (Å²) in [6, 6.07) is 0. The molecule has 1 N–H and O–H groups in total. The van der Waals surface area contributed by atoms with Gasteiger partial charge in [-0.05, 0) is 12.8 Å². The maximum absolute atomic E-state index is 12.5. The Hall–Kier alpha value is -0.710. The van der Waals surface area contributed by atoms with Crippen molar-refractivity contribution in [3.8, 4) is 0 Å². The number of nitrogens with one attached hydrogen (secondary N) is 1. The number of hydrogen-bond donors (Lipinski definition) is 1. The van der Waals surface area contributed by atoms with Gasteiger partial charge in [0.25, 0.3) is 0 Å². The number of halogens is 2. The van der Waals surface area contributed by atoms with E-state index in [-0.39, 0.29) is 24.7 Å². The maximum atomic E-state index is 12.5. The summed E-state index contributed by atoms with van der Waals surface area (Å²) in [4.78, 5) is 11.6. The van der Waals surface area contributed by atoms with Crippen LogP contribution in [0, 0.1) is 11.3 Å². The van der Waals surface area contributed by atoms with Gasteiger partial charge in [-0.1, -0.05) is 0 Å². The van der Waals surface area contributed by atoms with Crippen LogP contribution in [0.4, 0.5) is 8.78 Å². The van der Waals surface area contributed by atoms with Crippen molar-refractivity contribution in [2.45, 2.75) is 25.7 Å². The molecule has 0 bridgehead atoms. The average Bonchev–Trinajstić information content (AvgIpc) is 2.06. The molecular weight excluding hydrogens is 204 g/mol. The molecule has 86 valence electrons. The highest BCUT2D eigenvalue weighted by Gasteiger charge is 2.46. The van der Waals surface area contributed by atoms with Crippen molar-refractivity contribution < 1.29 is 18.3 Å². The molecule has 1 amide bonds. The lowest BCUT2D eigenvalue weighted by Crippen LogP contribution is -2.53. The molecule has 2 rings (SSSR count). The molecule has 0 unspecified atom stereocenters. The van der Waals surface area contributed by atoms with Gasteiger partial charge in [-0.15, -0.1) is 0 Å². The Bertz CT molecular complexity index is 269. The van der Waals surface area contributed by atoms with Crippen LogP contribution in [0.15, 0.2) is 0 Å². The fourth-order valence-corrected chi connectivity index (χ4v) is 1.92. The monoisotopic (exact) mass is 219 g/mol. The SMILES string of the molecule is CC1(C(=O)NCC2CC(F)(F)C2)COC1. The zero-order valence-electron chi connectivity index (χ0n) is 8.69. The van der Waals surface area contributed by atoms with E-state index in [2.05, 4.69) is 5.32 Å². The molecule has 1 aliphatic heterocycles. The molecule has 2 aliphatic rings. The molecule has 0 spiro atoms. The van der Waals surface area contributed by atoms with Crippen LogP contribution in [0.3, 0.4) is 0 Å². The first-order valence-electron chi connectivity index (χ1n) is 5.15. The molecule has 1 saturated carbocycles. The van der Waals surface area contributed by atoms with Gasteiger partial charge in [0.2, 0.25) is 11.8 Å². The van der Waals surface area contributed by atoms with Gasteiger partial charge in [-0.2, -0.15) is 0 Å². The molecule has 0 radical (unpaired) electrons. The van der Waals surface area contributed by atoms with Gasteiger partial charge < -0.3 is 10.1 Å². The smallest absolute Gasteiger partial charge is 0.248 e. The summed E-state index contributed by atoms with van der Waals surface area (Å²) < 4.78 is 29.9. The zero-order valence-corrected chi connectivity index (χ0v) is 8.69. The van der Waals surface area contributed by atoms with Crippen LogP contribution in [0.2, 0.25) is 0 Å². The van der Waals surface area contributed by atoms with E-state index in [0.717, 1.165) is 0 Å². The van der Waals surface area contributed by atoms with E-state index in [1.807, 2.05) is 6.92 Å². The van der Waals surface area contributed by atoms with Gasteiger partial charge in [-0.3, -0.25) is 4.79 Å². The van der Waals surface area contributed by atoms with Crippen molar-refractivity contribution in [2.75, 3.05) is 19.8 Å². The topological polar surface area (TPSA) is 38.3 Å². The summed E-state index contributed by atoms with van der Waals surface area (Å²) in [5, 5.41) is 2.71. The lowest BCUT2D eigenvalue weighted by atomic mass is 9.81. The van der Waals surface area contributed by atoms with E-state index in [0.29, 0.717) is 19.8 Å².